The molecule has 130 valence electrons. The monoisotopic (exact) mass is 418 g/mol. The molecule has 0 radical (unpaired) electrons. The van der Waals surface area contributed by atoms with E-state index in [-0.39, 0.29) is 24.8 Å². The van der Waals surface area contributed by atoms with Crippen molar-refractivity contribution in [1.29, 1.82) is 0 Å². The van der Waals surface area contributed by atoms with Gasteiger partial charge in [-0.15, -0.1) is 18.3 Å². The number of rotatable bonds is 8. The minimum Gasteiger partial charge on any atom is -0.352 e. The number of nitrogens with one attached hydrogen (secondary N) is 2. The fourth-order valence-corrected chi connectivity index (χ4v) is 3.06. The smallest absolute Gasteiger partial charge is 0.251 e. The molecule has 25 heavy (non-hydrogen) atoms. The Balaban J connectivity index is 1.82. The van der Waals surface area contributed by atoms with Crippen molar-refractivity contribution < 1.29 is 9.59 Å². The minimum absolute atomic E-state index is 0.136. The number of anilines is 1. The highest BCUT2D eigenvalue weighted by atomic mass is 79.9. The summed E-state index contributed by atoms with van der Waals surface area (Å²) >= 11 is 4.94. The van der Waals surface area contributed by atoms with Crippen LogP contribution in [-0.2, 0) is 4.79 Å². The summed E-state index contributed by atoms with van der Waals surface area (Å²) in [6.07, 6.45) is 2.03. The van der Waals surface area contributed by atoms with Crippen LogP contribution in [0.1, 0.15) is 16.8 Å². The van der Waals surface area contributed by atoms with E-state index in [9.17, 15) is 9.59 Å². The van der Waals surface area contributed by atoms with E-state index in [2.05, 4.69) is 33.1 Å². The lowest BCUT2D eigenvalue weighted by atomic mass is 10.2. The highest BCUT2D eigenvalue weighted by Gasteiger charge is 2.09. The van der Waals surface area contributed by atoms with Crippen LogP contribution in [-0.4, -0.2) is 24.1 Å². The zero-order valence-electron chi connectivity index (χ0n) is 13.6. The SMILES string of the molecule is C=CCSc1ccccc1NC(=O)CCNC(=O)c1ccc(Br)cc1. The zero-order valence-corrected chi connectivity index (χ0v) is 16.0. The molecule has 0 saturated carbocycles. The lowest BCUT2D eigenvalue weighted by Gasteiger charge is -2.10. The van der Waals surface area contributed by atoms with Crippen LogP contribution in [0.25, 0.3) is 0 Å². The van der Waals surface area contributed by atoms with Gasteiger partial charge in [0.15, 0.2) is 0 Å². The van der Waals surface area contributed by atoms with Gasteiger partial charge in [-0.2, -0.15) is 0 Å². The topological polar surface area (TPSA) is 58.2 Å². The van der Waals surface area contributed by atoms with Gasteiger partial charge in [0.05, 0.1) is 5.69 Å². The van der Waals surface area contributed by atoms with Crippen molar-refractivity contribution in [2.75, 3.05) is 17.6 Å². The Morgan fingerprint density at radius 1 is 1.12 bits per heavy atom. The third-order valence-corrected chi connectivity index (χ3v) is 4.86. The first-order chi connectivity index (χ1) is 12.1. The lowest BCUT2D eigenvalue weighted by molar-refractivity contribution is -0.116. The number of hydrogen-bond acceptors (Lipinski definition) is 3. The normalized spacial score (nSPS) is 10.1. The molecule has 2 aromatic carbocycles. The third kappa shape index (κ3) is 6.40. The Kier molecular flexibility index (Phi) is 7.76. The van der Waals surface area contributed by atoms with Crippen LogP contribution >= 0.6 is 27.7 Å². The molecule has 0 bridgehead atoms. The van der Waals surface area contributed by atoms with Crippen LogP contribution in [0.5, 0.6) is 0 Å². The van der Waals surface area contributed by atoms with E-state index in [0.29, 0.717) is 5.56 Å². The van der Waals surface area contributed by atoms with Crippen LogP contribution in [0.4, 0.5) is 5.69 Å². The summed E-state index contributed by atoms with van der Waals surface area (Å²) in [5.41, 5.74) is 1.34. The van der Waals surface area contributed by atoms with E-state index in [1.165, 1.54) is 0 Å². The van der Waals surface area contributed by atoms with Gasteiger partial charge < -0.3 is 10.6 Å². The van der Waals surface area contributed by atoms with Gasteiger partial charge in [0, 0.05) is 33.7 Å². The molecule has 0 spiro atoms. The van der Waals surface area contributed by atoms with E-state index in [1.54, 1.807) is 36.0 Å². The molecule has 0 fully saturated rings. The number of amides is 2. The van der Waals surface area contributed by atoms with Crippen LogP contribution < -0.4 is 10.6 Å². The van der Waals surface area contributed by atoms with Gasteiger partial charge in [0.25, 0.3) is 5.91 Å². The zero-order chi connectivity index (χ0) is 18.1. The molecule has 0 unspecified atom stereocenters. The maximum Gasteiger partial charge on any atom is 0.251 e. The van der Waals surface area contributed by atoms with E-state index < -0.39 is 0 Å². The number of carbonyl (C=O) groups is 2. The molecule has 2 amide bonds. The molecule has 0 atom stereocenters. The summed E-state index contributed by atoms with van der Waals surface area (Å²) in [6, 6.07) is 14.7. The predicted octanol–water partition coefficient (Wildman–Crippen LogP) is 4.49. The van der Waals surface area contributed by atoms with Crippen molar-refractivity contribution in [1.82, 2.24) is 5.32 Å². The average molecular weight is 419 g/mol. The fourth-order valence-electron chi connectivity index (χ4n) is 2.05. The molecule has 0 heterocycles. The molecule has 2 rings (SSSR count). The first-order valence-electron chi connectivity index (χ1n) is 7.76. The Hall–Kier alpha value is -2.05. The van der Waals surface area contributed by atoms with Gasteiger partial charge in [-0.1, -0.05) is 34.1 Å². The maximum absolute atomic E-state index is 12.1. The molecule has 0 saturated heterocycles. The first kappa shape index (κ1) is 19.3. The largest absolute Gasteiger partial charge is 0.352 e. The molecule has 0 aliphatic rings. The first-order valence-corrected chi connectivity index (χ1v) is 9.54. The summed E-state index contributed by atoms with van der Waals surface area (Å²) in [4.78, 5) is 25.1. The molecule has 2 N–H and O–H groups in total. The van der Waals surface area contributed by atoms with Crippen LogP contribution in [0.15, 0.2) is 70.6 Å². The molecule has 0 aromatic heterocycles. The predicted molar refractivity (Wildman–Crippen MR) is 107 cm³/mol. The summed E-state index contributed by atoms with van der Waals surface area (Å²) in [7, 11) is 0. The number of benzene rings is 2. The number of halogens is 1. The summed E-state index contributed by atoms with van der Waals surface area (Å²) in [5.74, 6) is 0.445. The highest BCUT2D eigenvalue weighted by Crippen LogP contribution is 2.26. The van der Waals surface area contributed by atoms with Crippen molar-refractivity contribution in [3.05, 3.63) is 71.2 Å². The lowest BCUT2D eigenvalue weighted by Crippen LogP contribution is -2.27. The Morgan fingerprint density at radius 3 is 2.56 bits per heavy atom. The van der Waals surface area contributed by atoms with Crippen LogP contribution in [0, 0.1) is 0 Å². The van der Waals surface area contributed by atoms with Gasteiger partial charge >= 0.3 is 0 Å². The molecule has 4 nitrogen and oxygen atoms in total. The number of carbonyl (C=O) groups excluding carboxylic acids is 2. The van der Waals surface area contributed by atoms with E-state index in [4.69, 9.17) is 0 Å². The number of para-hydroxylation sites is 1. The summed E-state index contributed by atoms with van der Waals surface area (Å²) in [5, 5.41) is 5.64. The second-order valence-electron chi connectivity index (χ2n) is 5.16. The van der Waals surface area contributed by atoms with Gasteiger partial charge in [-0.3, -0.25) is 9.59 Å². The number of hydrogen-bond donors (Lipinski definition) is 2. The molecule has 2 aromatic rings. The average Bonchev–Trinajstić information content (AvgIpc) is 2.61. The van der Waals surface area contributed by atoms with E-state index in [0.717, 1.165) is 20.8 Å². The maximum atomic E-state index is 12.1. The van der Waals surface area contributed by atoms with Gasteiger partial charge in [-0.05, 0) is 36.4 Å². The molecule has 0 aliphatic carbocycles. The fraction of sp³-hybridized carbons (Fsp3) is 0.158. The third-order valence-electron chi connectivity index (χ3n) is 3.26. The number of thioether (sulfide) groups is 1. The second-order valence-corrected chi connectivity index (χ2v) is 7.13. The standard InChI is InChI=1S/C19H19BrN2O2S/c1-2-13-25-17-6-4-3-5-16(17)22-18(23)11-12-21-19(24)14-7-9-15(20)10-8-14/h2-10H,1,11-13H2,(H,21,24)(H,22,23). The Labute approximate surface area is 160 Å². The van der Waals surface area contributed by atoms with E-state index in [1.807, 2.05) is 30.3 Å². The Morgan fingerprint density at radius 2 is 1.84 bits per heavy atom. The quantitative estimate of drug-likeness (QED) is 0.490. The molecular weight excluding hydrogens is 400 g/mol. The van der Waals surface area contributed by atoms with Crippen molar-refractivity contribution in [2.24, 2.45) is 0 Å². The van der Waals surface area contributed by atoms with Crippen molar-refractivity contribution in [3.8, 4) is 0 Å². The van der Waals surface area contributed by atoms with Crippen LogP contribution in [0.3, 0.4) is 0 Å². The minimum atomic E-state index is -0.192. The second kappa shape index (κ2) is 10.1. The molecule has 0 aliphatic heterocycles. The van der Waals surface area contributed by atoms with Crippen LogP contribution in [0.2, 0.25) is 0 Å². The van der Waals surface area contributed by atoms with Gasteiger partial charge in [0.1, 0.15) is 0 Å². The Bertz CT molecular complexity index is 747. The van der Waals surface area contributed by atoms with E-state index >= 15 is 0 Å². The van der Waals surface area contributed by atoms with Crippen molar-refractivity contribution in [3.63, 3.8) is 0 Å². The molecule has 6 heteroatoms. The van der Waals surface area contributed by atoms with Crippen molar-refractivity contribution >= 4 is 45.2 Å². The summed E-state index contributed by atoms with van der Waals surface area (Å²) < 4.78 is 0.913. The van der Waals surface area contributed by atoms with Crippen molar-refractivity contribution in [2.45, 2.75) is 11.3 Å². The van der Waals surface area contributed by atoms with Gasteiger partial charge in [0.2, 0.25) is 5.91 Å². The molecular formula is C19H19BrN2O2S. The van der Waals surface area contributed by atoms with Gasteiger partial charge in [-0.25, -0.2) is 0 Å². The summed E-state index contributed by atoms with van der Waals surface area (Å²) in [6.45, 7) is 3.98. The highest BCUT2D eigenvalue weighted by molar-refractivity contribution is 9.10.